The number of hydrogen-bond acceptors (Lipinski definition) is 1. The largest absolute Gasteiger partial charge is 1.00 e. The Morgan fingerprint density at radius 3 is 1.38 bits per heavy atom. The van der Waals surface area contributed by atoms with Crippen molar-refractivity contribution in [2.45, 2.75) is 26.2 Å². The normalized spacial score (nSPS) is 10.7. The van der Waals surface area contributed by atoms with E-state index in [4.69, 9.17) is 0 Å². The van der Waals surface area contributed by atoms with E-state index in [9.17, 15) is 0 Å². The van der Waals surface area contributed by atoms with Gasteiger partial charge < -0.3 is 22.3 Å². The highest BCUT2D eigenvalue weighted by Crippen LogP contribution is 2.55. The second-order valence-corrected chi connectivity index (χ2v) is 10.6. The zero-order chi connectivity index (χ0) is 18.8. The quantitative estimate of drug-likeness (QED) is 0.310. The Labute approximate surface area is 198 Å². The summed E-state index contributed by atoms with van der Waals surface area (Å²) < 4.78 is 0. The molecule has 0 aliphatic heterocycles. The van der Waals surface area contributed by atoms with E-state index in [0.29, 0.717) is 0 Å². The molecular weight excluding hydrogens is 505 g/mol. The van der Waals surface area contributed by atoms with Crippen molar-refractivity contribution in [2.24, 2.45) is 0 Å². The lowest BCUT2D eigenvalue weighted by atomic mass is 10.3. The van der Waals surface area contributed by atoms with Crippen LogP contribution in [0.5, 0.6) is 0 Å². The van der Waals surface area contributed by atoms with Crippen molar-refractivity contribution >= 4 is 40.2 Å². The van der Waals surface area contributed by atoms with Crippen LogP contribution in [0.3, 0.4) is 0 Å². The summed E-state index contributed by atoms with van der Waals surface area (Å²) in [5.41, 5.74) is 0. The molecular formula is C25H32Br2NP. The van der Waals surface area contributed by atoms with Gasteiger partial charge in [-0.15, -0.1) is 17.0 Å². The van der Waals surface area contributed by atoms with Gasteiger partial charge in [0, 0.05) is 0 Å². The smallest absolute Gasteiger partial charge is 0.112 e. The van der Waals surface area contributed by atoms with Crippen LogP contribution in [-0.2, 0) is 0 Å². The zero-order valence-corrected chi connectivity index (χ0v) is 21.3. The van der Waals surface area contributed by atoms with Gasteiger partial charge in [-0.1, -0.05) is 67.9 Å². The van der Waals surface area contributed by atoms with Gasteiger partial charge in [0.2, 0.25) is 0 Å². The summed E-state index contributed by atoms with van der Waals surface area (Å²) in [4.78, 5) is 0. The number of unbranched alkanes of at least 4 members (excludes halogenated alkanes) is 1. The van der Waals surface area contributed by atoms with Crippen LogP contribution in [-0.4, -0.2) is 19.3 Å². The molecule has 0 aliphatic rings. The van der Waals surface area contributed by atoms with Crippen LogP contribution in [0.1, 0.15) is 26.2 Å². The second-order valence-electron chi connectivity index (χ2n) is 7.00. The fourth-order valence-corrected chi connectivity index (χ4v) is 8.09. The van der Waals surface area contributed by atoms with Crippen molar-refractivity contribution in [3.8, 4) is 0 Å². The van der Waals surface area contributed by atoms with Gasteiger partial charge in [-0.3, -0.25) is 0 Å². The SMILES string of the molecule is Br.CCCCNCCC[P+](c1ccccc1)(c1ccccc1)c1ccccc1.[Br-]. The first-order valence-corrected chi connectivity index (χ1v) is 12.1. The average Bonchev–Trinajstić information content (AvgIpc) is 2.75. The van der Waals surface area contributed by atoms with E-state index in [-0.39, 0.29) is 34.0 Å². The van der Waals surface area contributed by atoms with Crippen LogP contribution in [0.15, 0.2) is 91.0 Å². The first-order chi connectivity index (χ1) is 13.4. The minimum atomic E-state index is -1.65. The maximum Gasteiger partial charge on any atom is 0.112 e. The summed E-state index contributed by atoms with van der Waals surface area (Å²) in [7, 11) is -1.65. The van der Waals surface area contributed by atoms with E-state index in [2.05, 4.69) is 103 Å². The summed E-state index contributed by atoms with van der Waals surface area (Å²) >= 11 is 0. The van der Waals surface area contributed by atoms with Crippen molar-refractivity contribution in [3.05, 3.63) is 91.0 Å². The lowest BCUT2D eigenvalue weighted by Gasteiger charge is -2.27. The molecule has 0 saturated heterocycles. The van der Waals surface area contributed by atoms with Gasteiger partial charge in [-0.25, -0.2) is 0 Å². The van der Waals surface area contributed by atoms with Gasteiger partial charge in [0.15, 0.2) is 0 Å². The summed E-state index contributed by atoms with van der Waals surface area (Å²) in [6, 6.07) is 33.5. The van der Waals surface area contributed by atoms with E-state index in [0.717, 1.165) is 13.1 Å². The summed E-state index contributed by atoms with van der Waals surface area (Å²) in [6.45, 7) is 4.47. The molecule has 3 aromatic carbocycles. The molecule has 0 heterocycles. The van der Waals surface area contributed by atoms with Crippen LogP contribution in [0.25, 0.3) is 0 Å². The third-order valence-corrected chi connectivity index (χ3v) is 9.67. The molecule has 0 spiro atoms. The molecule has 0 aromatic heterocycles. The lowest BCUT2D eigenvalue weighted by Crippen LogP contribution is -3.00. The molecule has 3 aromatic rings. The number of benzene rings is 3. The Bertz CT molecular complexity index is 685. The van der Waals surface area contributed by atoms with Crippen LogP contribution < -0.4 is 38.2 Å². The van der Waals surface area contributed by atoms with Gasteiger partial charge >= 0.3 is 0 Å². The molecule has 29 heavy (non-hydrogen) atoms. The first kappa shape index (κ1) is 26.0. The highest BCUT2D eigenvalue weighted by atomic mass is 79.9. The molecule has 0 amide bonds. The lowest BCUT2D eigenvalue weighted by molar-refractivity contribution is -0.00000554. The Hall–Kier alpha value is -0.990. The molecule has 0 radical (unpaired) electrons. The van der Waals surface area contributed by atoms with Crippen molar-refractivity contribution in [2.75, 3.05) is 19.3 Å². The summed E-state index contributed by atoms with van der Waals surface area (Å²) in [5.74, 6) is 0. The standard InChI is InChI=1S/C25H31NP.2BrH/c1-2-3-20-26-21-13-22-27(23-14-7-4-8-15-23,24-16-9-5-10-17-24)25-18-11-6-12-19-25;;/h4-12,14-19,26H,2-3,13,20-22H2,1H3;2*1H/q+1;;/p-1. The first-order valence-electron chi connectivity index (χ1n) is 10.1. The monoisotopic (exact) mass is 535 g/mol. The molecule has 3 rings (SSSR count). The molecule has 1 nitrogen and oxygen atoms in total. The Balaban J connectivity index is 0.00000210. The molecule has 0 fully saturated rings. The summed E-state index contributed by atoms with van der Waals surface area (Å²) in [5, 5.41) is 8.08. The number of halogens is 2. The molecule has 0 bridgehead atoms. The van der Waals surface area contributed by atoms with Gasteiger partial charge in [-0.05, 0) is 62.3 Å². The molecule has 0 aliphatic carbocycles. The highest BCUT2D eigenvalue weighted by molar-refractivity contribution is 8.93. The number of hydrogen-bond donors (Lipinski definition) is 1. The fraction of sp³-hybridized carbons (Fsp3) is 0.280. The molecule has 0 saturated carbocycles. The maximum absolute atomic E-state index is 3.63. The fourth-order valence-electron chi connectivity index (χ4n) is 3.75. The second kappa shape index (κ2) is 14.1. The van der Waals surface area contributed by atoms with Gasteiger partial charge in [0.25, 0.3) is 0 Å². The van der Waals surface area contributed by atoms with Crippen LogP contribution in [0.4, 0.5) is 0 Å². The molecule has 0 unspecified atom stereocenters. The summed E-state index contributed by atoms with van der Waals surface area (Å²) in [6.07, 6.45) is 4.90. The van der Waals surface area contributed by atoms with Gasteiger partial charge in [0.1, 0.15) is 23.2 Å². The van der Waals surface area contributed by atoms with E-state index in [1.807, 2.05) is 0 Å². The molecule has 1 N–H and O–H groups in total. The number of nitrogens with one attached hydrogen (secondary N) is 1. The van der Waals surface area contributed by atoms with Crippen molar-refractivity contribution in [1.82, 2.24) is 5.32 Å². The van der Waals surface area contributed by atoms with E-state index in [1.165, 1.54) is 41.3 Å². The predicted octanol–water partition coefficient (Wildman–Crippen LogP) is 2.34. The van der Waals surface area contributed by atoms with Crippen molar-refractivity contribution < 1.29 is 17.0 Å². The highest BCUT2D eigenvalue weighted by Gasteiger charge is 2.44. The van der Waals surface area contributed by atoms with Gasteiger partial charge in [-0.2, -0.15) is 0 Å². The van der Waals surface area contributed by atoms with Crippen molar-refractivity contribution in [1.29, 1.82) is 0 Å². The predicted molar refractivity (Wildman–Crippen MR) is 133 cm³/mol. The Morgan fingerprint density at radius 2 is 1.00 bits per heavy atom. The zero-order valence-electron chi connectivity index (χ0n) is 17.1. The van der Waals surface area contributed by atoms with E-state index < -0.39 is 7.26 Å². The van der Waals surface area contributed by atoms with Gasteiger partial charge in [0.05, 0.1) is 6.16 Å². The third-order valence-electron chi connectivity index (χ3n) is 5.15. The maximum atomic E-state index is 3.63. The van der Waals surface area contributed by atoms with Crippen molar-refractivity contribution in [3.63, 3.8) is 0 Å². The molecule has 156 valence electrons. The minimum absolute atomic E-state index is 0. The van der Waals surface area contributed by atoms with Crippen LogP contribution >= 0.6 is 24.2 Å². The topological polar surface area (TPSA) is 12.0 Å². The Kier molecular flexibility index (Phi) is 12.7. The Morgan fingerprint density at radius 1 is 0.621 bits per heavy atom. The van der Waals surface area contributed by atoms with E-state index >= 15 is 0 Å². The molecule has 4 heteroatoms. The average molecular weight is 537 g/mol. The minimum Gasteiger partial charge on any atom is -1.00 e. The third kappa shape index (κ3) is 6.76. The number of rotatable bonds is 10. The van der Waals surface area contributed by atoms with Crippen LogP contribution in [0.2, 0.25) is 0 Å². The van der Waals surface area contributed by atoms with Crippen LogP contribution in [0, 0.1) is 0 Å². The molecule has 0 atom stereocenters. The van der Waals surface area contributed by atoms with E-state index in [1.54, 1.807) is 0 Å².